The molecule has 7 heteroatoms. The summed E-state index contributed by atoms with van der Waals surface area (Å²) in [5.74, 6) is -2.10. The van der Waals surface area contributed by atoms with Crippen LogP contribution in [0.15, 0.2) is 18.2 Å². The van der Waals surface area contributed by atoms with E-state index in [9.17, 15) is 13.6 Å². The van der Waals surface area contributed by atoms with Gasteiger partial charge in [-0.25, -0.2) is 8.78 Å². The van der Waals surface area contributed by atoms with Crippen molar-refractivity contribution in [3.63, 3.8) is 0 Å². The molecule has 118 valence electrons. The van der Waals surface area contributed by atoms with E-state index in [2.05, 4.69) is 15.5 Å². The molecule has 1 fully saturated rings. The highest BCUT2D eigenvalue weighted by Gasteiger charge is 2.20. The summed E-state index contributed by atoms with van der Waals surface area (Å²) in [6.07, 6.45) is 2.15. The lowest BCUT2D eigenvalue weighted by Crippen LogP contribution is -2.46. The highest BCUT2D eigenvalue weighted by atomic mass is 35.5. The predicted octanol–water partition coefficient (Wildman–Crippen LogP) is 2.01. The first-order valence-electron chi connectivity index (χ1n) is 6.73. The van der Waals surface area contributed by atoms with Gasteiger partial charge in [-0.2, -0.15) is 0 Å². The van der Waals surface area contributed by atoms with E-state index in [1.165, 1.54) is 6.07 Å². The number of amides is 1. The van der Waals surface area contributed by atoms with E-state index in [-0.39, 0.29) is 30.5 Å². The Kier molecular flexibility index (Phi) is 7.01. The Labute approximate surface area is 129 Å². The SMILES string of the molecule is CNC1CCCN(CC(=O)Nc2ccc(F)c(F)c2)C1.Cl. The fourth-order valence-electron chi connectivity index (χ4n) is 2.41. The predicted molar refractivity (Wildman–Crippen MR) is 80.8 cm³/mol. The zero-order valence-electron chi connectivity index (χ0n) is 11.9. The van der Waals surface area contributed by atoms with Crippen molar-refractivity contribution in [2.24, 2.45) is 0 Å². The minimum Gasteiger partial charge on any atom is -0.325 e. The van der Waals surface area contributed by atoms with Crippen molar-refractivity contribution < 1.29 is 13.6 Å². The minimum absolute atomic E-state index is 0. The summed E-state index contributed by atoms with van der Waals surface area (Å²) >= 11 is 0. The number of rotatable bonds is 4. The Hall–Kier alpha value is -1.24. The Morgan fingerprint density at radius 2 is 2.14 bits per heavy atom. The van der Waals surface area contributed by atoms with Crippen LogP contribution in [0, 0.1) is 11.6 Å². The third-order valence-electron chi connectivity index (χ3n) is 3.48. The summed E-state index contributed by atoms with van der Waals surface area (Å²) in [5.41, 5.74) is 0.274. The molecule has 0 aromatic heterocycles. The summed E-state index contributed by atoms with van der Waals surface area (Å²) in [4.78, 5) is 13.9. The first kappa shape index (κ1) is 17.8. The van der Waals surface area contributed by atoms with Gasteiger partial charge >= 0.3 is 0 Å². The van der Waals surface area contributed by atoms with E-state index in [1.807, 2.05) is 7.05 Å². The molecule has 0 bridgehead atoms. The first-order valence-corrected chi connectivity index (χ1v) is 6.73. The van der Waals surface area contributed by atoms with Crippen molar-refractivity contribution >= 4 is 24.0 Å². The van der Waals surface area contributed by atoms with Crippen LogP contribution in [0.5, 0.6) is 0 Å². The van der Waals surface area contributed by atoms with Crippen molar-refractivity contribution in [1.82, 2.24) is 10.2 Å². The molecular formula is C14H20ClF2N3O. The Morgan fingerprint density at radius 1 is 1.38 bits per heavy atom. The van der Waals surface area contributed by atoms with E-state index in [0.29, 0.717) is 6.04 Å². The summed E-state index contributed by atoms with van der Waals surface area (Å²) in [6, 6.07) is 3.74. The van der Waals surface area contributed by atoms with Crippen LogP contribution in [0.4, 0.5) is 14.5 Å². The van der Waals surface area contributed by atoms with Crippen LogP contribution in [0.1, 0.15) is 12.8 Å². The highest BCUT2D eigenvalue weighted by Crippen LogP contribution is 2.14. The third-order valence-corrected chi connectivity index (χ3v) is 3.48. The van der Waals surface area contributed by atoms with Crippen molar-refractivity contribution in [2.75, 3.05) is 32.0 Å². The maximum absolute atomic E-state index is 13.0. The fraction of sp³-hybridized carbons (Fsp3) is 0.500. The van der Waals surface area contributed by atoms with Gasteiger partial charge in [0.15, 0.2) is 11.6 Å². The molecule has 0 saturated carbocycles. The fourth-order valence-corrected chi connectivity index (χ4v) is 2.41. The van der Waals surface area contributed by atoms with Gasteiger partial charge in [-0.3, -0.25) is 9.69 Å². The smallest absolute Gasteiger partial charge is 0.238 e. The van der Waals surface area contributed by atoms with Gasteiger partial charge in [0.05, 0.1) is 6.54 Å². The number of hydrogen-bond acceptors (Lipinski definition) is 3. The number of nitrogens with one attached hydrogen (secondary N) is 2. The molecule has 4 nitrogen and oxygen atoms in total. The van der Waals surface area contributed by atoms with Crippen LogP contribution in [0.2, 0.25) is 0 Å². The van der Waals surface area contributed by atoms with Gasteiger partial charge in [0, 0.05) is 24.3 Å². The van der Waals surface area contributed by atoms with Gasteiger partial charge in [0.25, 0.3) is 0 Å². The Morgan fingerprint density at radius 3 is 2.81 bits per heavy atom. The molecule has 0 radical (unpaired) electrons. The van der Waals surface area contributed by atoms with Crippen LogP contribution in [-0.4, -0.2) is 43.5 Å². The van der Waals surface area contributed by atoms with Crippen molar-refractivity contribution in [3.05, 3.63) is 29.8 Å². The summed E-state index contributed by atoms with van der Waals surface area (Å²) in [6.45, 7) is 1.96. The molecule has 1 aliphatic rings. The van der Waals surface area contributed by atoms with Crippen LogP contribution in [-0.2, 0) is 4.79 Å². The van der Waals surface area contributed by atoms with E-state index in [0.717, 1.165) is 38.1 Å². The second-order valence-corrected chi connectivity index (χ2v) is 5.04. The van der Waals surface area contributed by atoms with Crippen molar-refractivity contribution in [1.29, 1.82) is 0 Å². The Balaban J connectivity index is 0.00000220. The average molecular weight is 320 g/mol. The maximum Gasteiger partial charge on any atom is 0.238 e. The first-order chi connectivity index (χ1) is 9.58. The third kappa shape index (κ3) is 5.22. The van der Waals surface area contributed by atoms with Crippen molar-refractivity contribution in [2.45, 2.75) is 18.9 Å². The van der Waals surface area contributed by atoms with Crippen molar-refractivity contribution in [3.8, 4) is 0 Å². The largest absolute Gasteiger partial charge is 0.325 e. The van der Waals surface area contributed by atoms with Crippen LogP contribution < -0.4 is 10.6 Å². The summed E-state index contributed by atoms with van der Waals surface area (Å²) in [7, 11) is 1.91. The number of likely N-dealkylation sites (tertiary alicyclic amines) is 1. The molecule has 1 atom stereocenters. The number of benzene rings is 1. The second kappa shape index (κ2) is 8.26. The van der Waals surface area contributed by atoms with Crippen LogP contribution in [0.3, 0.4) is 0 Å². The second-order valence-electron chi connectivity index (χ2n) is 5.04. The molecule has 2 rings (SSSR count). The Bertz CT molecular complexity index is 487. The summed E-state index contributed by atoms with van der Waals surface area (Å²) < 4.78 is 25.8. The number of anilines is 1. The molecule has 1 heterocycles. The lowest BCUT2D eigenvalue weighted by molar-refractivity contribution is -0.117. The number of carbonyl (C=O) groups excluding carboxylic acids is 1. The van der Waals surface area contributed by atoms with Crippen LogP contribution >= 0.6 is 12.4 Å². The number of piperidine rings is 1. The molecule has 1 aromatic rings. The molecule has 21 heavy (non-hydrogen) atoms. The van der Waals surface area contributed by atoms with Gasteiger partial charge in [0.2, 0.25) is 5.91 Å². The molecule has 1 aliphatic heterocycles. The average Bonchev–Trinajstić information content (AvgIpc) is 2.43. The number of nitrogens with zero attached hydrogens (tertiary/aromatic N) is 1. The van der Waals surface area contributed by atoms with E-state index >= 15 is 0 Å². The molecule has 0 aliphatic carbocycles. The quantitative estimate of drug-likeness (QED) is 0.892. The van der Waals surface area contributed by atoms with Gasteiger partial charge < -0.3 is 10.6 Å². The maximum atomic E-state index is 13.0. The lowest BCUT2D eigenvalue weighted by Gasteiger charge is -2.31. The summed E-state index contributed by atoms with van der Waals surface area (Å²) in [5, 5.41) is 5.79. The number of hydrogen-bond donors (Lipinski definition) is 2. The molecule has 1 unspecified atom stereocenters. The monoisotopic (exact) mass is 319 g/mol. The molecular weight excluding hydrogens is 300 g/mol. The van der Waals surface area contributed by atoms with E-state index < -0.39 is 11.6 Å². The minimum atomic E-state index is -0.962. The topological polar surface area (TPSA) is 44.4 Å². The van der Waals surface area contributed by atoms with Gasteiger partial charge in [-0.1, -0.05) is 0 Å². The number of likely N-dealkylation sites (N-methyl/N-ethyl adjacent to an activating group) is 1. The molecule has 1 amide bonds. The van der Waals surface area contributed by atoms with Gasteiger partial charge in [-0.05, 0) is 38.6 Å². The van der Waals surface area contributed by atoms with E-state index in [1.54, 1.807) is 0 Å². The highest BCUT2D eigenvalue weighted by molar-refractivity contribution is 5.92. The molecule has 2 N–H and O–H groups in total. The van der Waals surface area contributed by atoms with Gasteiger partial charge in [-0.15, -0.1) is 12.4 Å². The number of carbonyl (C=O) groups is 1. The zero-order chi connectivity index (χ0) is 14.5. The van der Waals surface area contributed by atoms with E-state index in [4.69, 9.17) is 0 Å². The zero-order valence-corrected chi connectivity index (χ0v) is 12.7. The number of halogens is 3. The standard InChI is InChI=1S/C14H19F2N3O.ClH/c1-17-11-3-2-6-19(8-11)9-14(20)18-10-4-5-12(15)13(16)7-10;/h4-5,7,11,17H,2-3,6,8-9H2,1H3,(H,18,20);1H. The molecule has 1 aromatic carbocycles. The molecule has 0 spiro atoms. The molecule has 1 saturated heterocycles. The van der Waals surface area contributed by atoms with Crippen LogP contribution in [0.25, 0.3) is 0 Å². The normalized spacial score (nSPS) is 18.9. The lowest BCUT2D eigenvalue weighted by atomic mass is 10.1. The van der Waals surface area contributed by atoms with Gasteiger partial charge in [0.1, 0.15) is 0 Å².